The molecule has 2 rings (SSSR count). The van der Waals surface area contributed by atoms with Gasteiger partial charge in [-0.1, -0.05) is 0 Å². The van der Waals surface area contributed by atoms with Gasteiger partial charge in [0.15, 0.2) is 0 Å². The predicted octanol–water partition coefficient (Wildman–Crippen LogP) is 1.29. The van der Waals surface area contributed by atoms with E-state index in [1.807, 2.05) is 0 Å². The number of alkyl carbamates (subject to hydrolysis) is 1. The van der Waals surface area contributed by atoms with Crippen LogP contribution in [0.3, 0.4) is 0 Å². The SMILES string of the molecule is COC(=O)NC1CCN(C(=O)c2cc(N)c(C)c(F)c2)C1. The zero-order valence-corrected chi connectivity index (χ0v) is 12.0. The smallest absolute Gasteiger partial charge is 0.407 e. The Kier molecular flexibility index (Phi) is 4.30. The number of nitrogen functional groups attached to an aromatic ring is 1. The minimum atomic E-state index is -0.528. The Bertz CT molecular complexity index is 554. The summed E-state index contributed by atoms with van der Waals surface area (Å²) in [6, 6.07) is 2.51. The molecule has 1 saturated heterocycles. The summed E-state index contributed by atoms with van der Waals surface area (Å²) >= 11 is 0. The zero-order valence-electron chi connectivity index (χ0n) is 12.0. The van der Waals surface area contributed by atoms with E-state index in [4.69, 9.17) is 5.73 Å². The molecule has 3 N–H and O–H groups in total. The molecule has 2 amide bonds. The number of amides is 2. The highest BCUT2D eigenvalue weighted by Gasteiger charge is 2.28. The highest BCUT2D eigenvalue weighted by Crippen LogP contribution is 2.20. The summed E-state index contributed by atoms with van der Waals surface area (Å²) in [5, 5.41) is 2.64. The van der Waals surface area contributed by atoms with Gasteiger partial charge in [0.1, 0.15) is 5.82 Å². The lowest BCUT2D eigenvalue weighted by molar-refractivity contribution is 0.0787. The van der Waals surface area contributed by atoms with Crippen molar-refractivity contribution < 1.29 is 18.7 Å². The fraction of sp³-hybridized carbons (Fsp3) is 0.429. The third-order valence-electron chi connectivity index (χ3n) is 3.61. The first kappa shape index (κ1) is 15.1. The number of ether oxygens (including phenoxy) is 1. The monoisotopic (exact) mass is 295 g/mol. The summed E-state index contributed by atoms with van der Waals surface area (Å²) in [7, 11) is 1.28. The number of hydrogen-bond acceptors (Lipinski definition) is 4. The van der Waals surface area contributed by atoms with E-state index in [0.717, 1.165) is 0 Å². The number of methoxy groups -OCH3 is 1. The minimum Gasteiger partial charge on any atom is -0.453 e. The molecule has 114 valence electrons. The first-order chi connectivity index (χ1) is 9.92. The van der Waals surface area contributed by atoms with Crippen molar-refractivity contribution in [1.29, 1.82) is 0 Å². The molecule has 0 aromatic heterocycles. The second kappa shape index (κ2) is 5.99. The topological polar surface area (TPSA) is 84.7 Å². The number of hydrogen-bond donors (Lipinski definition) is 2. The third-order valence-corrected chi connectivity index (χ3v) is 3.61. The summed E-state index contributed by atoms with van der Waals surface area (Å²) in [4.78, 5) is 25.0. The van der Waals surface area contributed by atoms with Crippen molar-refractivity contribution in [3.8, 4) is 0 Å². The number of nitrogens with two attached hydrogens (primary N) is 1. The molecule has 1 aliphatic heterocycles. The lowest BCUT2D eigenvalue weighted by atomic mass is 10.1. The number of anilines is 1. The van der Waals surface area contributed by atoms with Crippen molar-refractivity contribution in [3.05, 3.63) is 29.1 Å². The van der Waals surface area contributed by atoms with Crippen molar-refractivity contribution in [1.82, 2.24) is 10.2 Å². The quantitative estimate of drug-likeness (QED) is 0.805. The Labute approximate surface area is 122 Å². The maximum atomic E-state index is 13.7. The van der Waals surface area contributed by atoms with Crippen LogP contribution in [-0.2, 0) is 4.74 Å². The highest BCUT2D eigenvalue weighted by atomic mass is 19.1. The van der Waals surface area contributed by atoms with Gasteiger partial charge in [0.25, 0.3) is 5.91 Å². The van der Waals surface area contributed by atoms with Crippen molar-refractivity contribution in [2.45, 2.75) is 19.4 Å². The Morgan fingerprint density at radius 1 is 1.48 bits per heavy atom. The molecule has 0 radical (unpaired) electrons. The summed E-state index contributed by atoms with van der Waals surface area (Å²) in [5.74, 6) is -0.795. The van der Waals surface area contributed by atoms with Gasteiger partial charge in [-0.3, -0.25) is 4.79 Å². The number of rotatable bonds is 2. The van der Waals surface area contributed by atoms with Crippen LogP contribution >= 0.6 is 0 Å². The average Bonchev–Trinajstić information content (AvgIpc) is 2.91. The molecule has 1 atom stereocenters. The largest absolute Gasteiger partial charge is 0.453 e. The van der Waals surface area contributed by atoms with Gasteiger partial charge in [0.2, 0.25) is 0 Å². The van der Waals surface area contributed by atoms with Gasteiger partial charge in [0.05, 0.1) is 13.2 Å². The molecule has 1 aliphatic rings. The van der Waals surface area contributed by atoms with Crippen molar-refractivity contribution >= 4 is 17.7 Å². The molecule has 1 aromatic rings. The Morgan fingerprint density at radius 2 is 2.19 bits per heavy atom. The predicted molar refractivity (Wildman–Crippen MR) is 75.4 cm³/mol. The van der Waals surface area contributed by atoms with E-state index >= 15 is 0 Å². The number of carbonyl (C=O) groups excluding carboxylic acids is 2. The van der Waals surface area contributed by atoms with Crippen LogP contribution in [0.15, 0.2) is 12.1 Å². The highest BCUT2D eigenvalue weighted by molar-refractivity contribution is 5.95. The maximum Gasteiger partial charge on any atom is 0.407 e. The molecule has 6 nitrogen and oxygen atoms in total. The summed E-state index contributed by atoms with van der Waals surface area (Å²) in [5.41, 5.74) is 6.49. The van der Waals surface area contributed by atoms with Crippen LogP contribution in [0.5, 0.6) is 0 Å². The van der Waals surface area contributed by atoms with Gasteiger partial charge < -0.3 is 20.7 Å². The van der Waals surface area contributed by atoms with Crippen LogP contribution in [0.4, 0.5) is 14.9 Å². The van der Waals surface area contributed by atoms with Crippen molar-refractivity contribution in [2.75, 3.05) is 25.9 Å². The first-order valence-electron chi connectivity index (χ1n) is 6.61. The van der Waals surface area contributed by atoms with Crippen molar-refractivity contribution in [3.63, 3.8) is 0 Å². The Hall–Kier alpha value is -2.31. The van der Waals surface area contributed by atoms with Crippen LogP contribution in [-0.4, -0.2) is 43.1 Å². The molecule has 1 heterocycles. The Morgan fingerprint density at radius 3 is 2.81 bits per heavy atom. The lowest BCUT2D eigenvalue weighted by Crippen LogP contribution is -2.38. The number of nitrogens with zero attached hydrogens (tertiary/aromatic N) is 1. The van der Waals surface area contributed by atoms with E-state index in [2.05, 4.69) is 10.1 Å². The van der Waals surface area contributed by atoms with E-state index in [0.29, 0.717) is 25.1 Å². The summed E-state index contributed by atoms with van der Waals surface area (Å²) < 4.78 is 18.2. The van der Waals surface area contributed by atoms with Gasteiger partial charge in [-0.2, -0.15) is 0 Å². The normalized spacial score (nSPS) is 17.7. The van der Waals surface area contributed by atoms with Gasteiger partial charge in [-0.05, 0) is 25.5 Å². The summed E-state index contributed by atoms with van der Waals surface area (Å²) in [6.45, 7) is 2.41. The first-order valence-corrected chi connectivity index (χ1v) is 6.61. The lowest BCUT2D eigenvalue weighted by Gasteiger charge is -2.17. The van der Waals surface area contributed by atoms with Crippen LogP contribution in [0.1, 0.15) is 22.3 Å². The van der Waals surface area contributed by atoms with Gasteiger partial charge in [-0.25, -0.2) is 9.18 Å². The summed E-state index contributed by atoms with van der Waals surface area (Å²) in [6.07, 6.45) is 0.102. The number of nitrogens with one attached hydrogen (secondary N) is 1. The molecular weight excluding hydrogens is 277 g/mol. The second-order valence-electron chi connectivity index (χ2n) is 5.04. The van der Waals surface area contributed by atoms with E-state index in [1.165, 1.54) is 19.2 Å². The Balaban J connectivity index is 2.06. The molecule has 0 bridgehead atoms. The molecule has 7 heteroatoms. The van der Waals surface area contributed by atoms with Crippen LogP contribution < -0.4 is 11.1 Å². The second-order valence-corrected chi connectivity index (χ2v) is 5.04. The molecule has 0 spiro atoms. The minimum absolute atomic E-state index is 0.158. The number of halogens is 1. The van der Waals surface area contributed by atoms with Crippen molar-refractivity contribution in [2.24, 2.45) is 0 Å². The molecule has 1 aromatic carbocycles. The standard InChI is InChI=1S/C14H18FN3O3/c1-8-11(15)5-9(6-12(8)16)13(19)18-4-3-10(7-18)17-14(20)21-2/h5-6,10H,3-4,7,16H2,1-2H3,(H,17,20). The zero-order chi connectivity index (χ0) is 15.6. The van der Waals surface area contributed by atoms with Gasteiger partial charge in [-0.15, -0.1) is 0 Å². The number of likely N-dealkylation sites (tertiary alicyclic amines) is 1. The molecular formula is C14H18FN3O3. The van der Waals surface area contributed by atoms with E-state index in [-0.39, 0.29) is 23.2 Å². The average molecular weight is 295 g/mol. The third kappa shape index (κ3) is 3.24. The van der Waals surface area contributed by atoms with E-state index < -0.39 is 11.9 Å². The van der Waals surface area contributed by atoms with Gasteiger partial charge >= 0.3 is 6.09 Å². The van der Waals surface area contributed by atoms with E-state index in [9.17, 15) is 14.0 Å². The molecule has 0 saturated carbocycles. The van der Waals surface area contributed by atoms with Gasteiger partial charge in [0, 0.05) is 29.9 Å². The van der Waals surface area contributed by atoms with Crippen LogP contribution in [0.25, 0.3) is 0 Å². The maximum absolute atomic E-state index is 13.7. The van der Waals surface area contributed by atoms with Crippen LogP contribution in [0, 0.1) is 12.7 Å². The fourth-order valence-electron chi connectivity index (χ4n) is 2.29. The number of benzene rings is 1. The molecule has 1 unspecified atom stereocenters. The fourth-order valence-corrected chi connectivity index (χ4v) is 2.29. The van der Waals surface area contributed by atoms with E-state index in [1.54, 1.807) is 11.8 Å². The molecule has 1 fully saturated rings. The van der Waals surface area contributed by atoms with Crippen LogP contribution in [0.2, 0.25) is 0 Å². The molecule has 0 aliphatic carbocycles. The molecule has 21 heavy (non-hydrogen) atoms. The number of carbonyl (C=O) groups is 2.